The van der Waals surface area contributed by atoms with Gasteiger partial charge in [-0.25, -0.2) is 9.37 Å². The van der Waals surface area contributed by atoms with Gasteiger partial charge in [0.05, 0.1) is 16.8 Å². The van der Waals surface area contributed by atoms with Crippen LogP contribution in [0.3, 0.4) is 0 Å². The maximum Gasteiger partial charge on any atom is 0.254 e. The first-order chi connectivity index (χ1) is 13.5. The van der Waals surface area contributed by atoms with Gasteiger partial charge in [0, 0.05) is 36.1 Å². The molecule has 4 rings (SSSR count). The highest BCUT2D eigenvalue weighted by Gasteiger charge is 2.27. The standard InChI is InChI=1S/C23H24FN3O/c1-15(25)16-9-11-27(12-10-16)23(28)20-14-21(17-5-3-2-4-6-17)26-22-13-18(24)7-8-19(20)22/h2-8,13-16H,9-12,25H2,1H3. The Bertz CT molecular complexity index is 995. The summed E-state index contributed by atoms with van der Waals surface area (Å²) in [5, 5.41) is 0.681. The molecule has 0 saturated carbocycles. The second-order valence-corrected chi connectivity index (χ2v) is 7.57. The number of halogens is 1. The fourth-order valence-corrected chi connectivity index (χ4v) is 3.93. The first kappa shape index (κ1) is 18.6. The Labute approximate surface area is 164 Å². The van der Waals surface area contributed by atoms with E-state index in [4.69, 9.17) is 5.73 Å². The highest BCUT2D eigenvalue weighted by Crippen LogP contribution is 2.28. The summed E-state index contributed by atoms with van der Waals surface area (Å²) in [6.07, 6.45) is 1.82. The molecule has 0 spiro atoms. The third-order valence-electron chi connectivity index (χ3n) is 5.64. The molecule has 0 aliphatic carbocycles. The molecule has 2 N–H and O–H groups in total. The number of likely N-dealkylation sites (tertiary alicyclic amines) is 1. The molecule has 0 radical (unpaired) electrons. The zero-order chi connectivity index (χ0) is 19.7. The molecular formula is C23H24FN3O. The van der Waals surface area contributed by atoms with Crippen molar-refractivity contribution in [3.63, 3.8) is 0 Å². The smallest absolute Gasteiger partial charge is 0.254 e. The minimum atomic E-state index is -0.360. The number of fused-ring (bicyclic) bond motifs is 1. The molecule has 1 aliphatic heterocycles. The topological polar surface area (TPSA) is 59.2 Å². The molecule has 1 atom stereocenters. The van der Waals surface area contributed by atoms with E-state index in [1.807, 2.05) is 48.2 Å². The Kier molecular flexibility index (Phi) is 5.09. The summed E-state index contributed by atoms with van der Waals surface area (Å²) in [6.45, 7) is 3.41. The molecule has 1 aliphatic rings. The fraction of sp³-hybridized carbons (Fsp3) is 0.304. The summed E-state index contributed by atoms with van der Waals surface area (Å²) >= 11 is 0. The number of piperidine rings is 1. The summed E-state index contributed by atoms with van der Waals surface area (Å²) in [5.74, 6) is 0.0629. The zero-order valence-corrected chi connectivity index (χ0v) is 15.9. The van der Waals surface area contributed by atoms with Crippen molar-refractivity contribution in [2.75, 3.05) is 13.1 Å². The van der Waals surface area contributed by atoms with E-state index in [0.717, 1.165) is 18.4 Å². The Morgan fingerprint density at radius 2 is 1.86 bits per heavy atom. The maximum absolute atomic E-state index is 13.8. The number of nitrogens with two attached hydrogens (primary N) is 1. The van der Waals surface area contributed by atoms with E-state index >= 15 is 0 Å². The molecule has 28 heavy (non-hydrogen) atoms. The second-order valence-electron chi connectivity index (χ2n) is 7.57. The molecule has 1 aromatic heterocycles. The van der Waals surface area contributed by atoms with Gasteiger partial charge in [-0.3, -0.25) is 4.79 Å². The van der Waals surface area contributed by atoms with Crippen molar-refractivity contribution in [3.05, 3.63) is 66.0 Å². The summed E-state index contributed by atoms with van der Waals surface area (Å²) in [4.78, 5) is 19.8. The fourth-order valence-electron chi connectivity index (χ4n) is 3.93. The van der Waals surface area contributed by atoms with Crippen molar-refractivity contribution in [2.45, 2.75) is 25.8 Å². The van der Waals surface area contributed by atoms with E-state index in [9.17, 15) is 9.18 Å². The van der Waals surface area contributed by atoms with Crippen LogP contribution < -0.4 is 5.73 Å². The predicted molar refractivity (Wildman–Crippen MR) is 109 cm³/mol. The molecule has 2 heterocycles. The van der Waals surface area contributed by atoms with Gasteiger partial charge < -0.3 is 10.6 Å². The van der Waals surface area contributed by atoms with E-state index in [2.05, 4.69) is 4.98 Å². The minimum Gasteiger partial charge on any atom is -0.339 e. The Hall–Kier alpha value is -2.79. The number of hydrogen-bond acceptors (Lipinski definition) is 3. The molecular weight excluding hydrogens is 353 g/mol. The number of pyridine rings is 1. The Morgan fingerprint density at radius 3 is 2.54 bits per heavy atom. The van der Waals surface area contributed by atoms with Gasteiger partial charge in [0.15, 0.2) is 0 Å². The van der Waals surface area contributed by atoms with Crippen molar-refractivity contribution >= 4 is 16.8 Å². The molecule has 1 amide bonds. The minimum absolute atomic E-state index is 0.0284. The molecule has 2 aromatic carbocycles. The van der Waals surface area contributed by atoms with Crippen LogP contribution in [0.4, 0.5) is 4.39 Å². The maximum atomic E-state index is 13.8. The number of aromatic nitrogens is 1. The number of nitrogens with zero attached hydrogens (tertiary/aromatic N) is 2. The van der Waals surface area contributed by atoms with Crippen molar-refractivity contribution in [2.24, 2.45) is 11.7 Å². The highest BCUT2D eigenvalue weighted by atomic mass is 19.1. The molecule has 4 nitrogen and oxygen atoms in total. The van der Waals surface area contributed by atoms with Crippen LogP contribution in [-0.2, 0) is 0 Å². The number of hydrogen-bond donors (Lipinski definition) is 1. The Morgan fingerprint density at radius 1 is 1.14 bits per heavy atom. The van der Waals surface area contributed by atoms with Crippen molar-refractivity contribution in [1.29, 1.82) is 0 Å². The molecule has 1 unspecified atom stereocenters. The number of carbonyl (C=O) groups excluding carboxylic acids is 1. The first-order valence-electron chi connectivity index (χ1n) is 9.73. The van der Waals surface area contributed by atoms with Gasteiger partial charge in [0.25, 0.3) is 5.91 Å². The van der Waals surface area contributed by atoms with Gasteiger partial charge in [-0.15, -0.1) is 0 Å². The lowest BCUT2D eigenvalue weighted by atomic mass is 9.90. The Balaban J connectivity index is 1.74. The first-order valence-corrected chi connectivity index (χ1v) is 9.73. The van der Waals surface area contributed by atoms with Crippen LogP contribution in [0.5, 0.6) is 0 Å². The molecule has 144 valence electrons. The van der Waals surface area contributed by atoms with E-state index in [-0.39, 0.29) is 17.8 Å². The zero-order valence-electron chi connectivity index (χ0n) is 15.9. The predicted octanol–water partition coefficient (Wildman–Crippen LogP) is 4.24. The quantitative estimate of drug-likeness (QED) is 0.743. The van der Waals surface area contributed by atoms with Crippen LogP contribution in [0.15, 0.2) is 54.6 Å². The molecule has 1 saturated heterocycles. The number of amides is 1. The molecule has 1 fully saturated rings. The average Bonchev–Trinajstić information content (AvgIpc) is 2.73. The van der Waals surface area contributed by atoms with Crippen LogP contribution in [0.1, 0.15) is 30.1 Å². The number of carbonyl (C=O) groups is 1. The number of rotatable bonds is 3. The van der Waals surface area contributed by atoms with Crippen molar-refractivity contribution < 1.29 is 9.18 Å². The largest absolute Gasteiger partial charge is 0.339 e. The summed E-state index contributed by atoms with van der Waals surface area (Å²) in [5.41, 5.74) is 8.67. The third kappa shape index (κ3) is 3.62. The lowest BCUT2D eigenvalue weighted by molar-refractivity contribution is 0.0683. The monoisotopic (exact) mass is 377 g/mol. The van der Waals surface area contributed by atoms with Gasteiger partial charge in [0.2, 0.25) is 0 Å². The summed E-state index contributed by atoms with van der Waals surface area (Å²) < 4.78 is 13.8. The summed E-state index contributed by atoms with van der Waals surface area (Å²) in [6, 6.07) is 16.0. The highest BCUT2D eigenvalue weighted by molar-refractivity contribution is 6.07. The van der Waals surface area contributed by atoms with Crippen LogP contribution >= 0.6 is 0 Å². The molecule has 5 heteroatoms. The van der Waals surface area contributed by atoms with Gasteiger partial charge in [-0.1, -0.05) is 30.3 Å². The van der Waals surface area contributed by atoms with E-state index in [0.29, 0.717) is 41.2 Å². The van der Waals surface area contributed by atoms with Crippen LogP contribution in [0.2, 0.25) is 0 Å². The lowest BCUT2D eigenvalue weighted by Crippen LogP contribution is -2.42. The van der Waals surface area contributed by atoms with Gasteiger partial charge in [-0.05, 0) is 43.9 Å². The van der Waals surface area contributed by atoms with E-state index in [1.165, 1.54) is 12.1 Å². The van der Waals surface area contributed by atoms with E-state index in [1.54, 1.807) is 6.07 Å². The lowest BCUT2D eigenvalue weighted by Gasteiger charge is -2.34. The van der Waals surface area contributed by atoms with Gasteiger partial charge >= 0.3 is 0 Å². The van der Waals surface area contributed by atoms with Crippen molar-refractivity contribution in [1.82, 2.24) is 9.88 Å². The SMILES string of the molecule is CC(N)C1CCN(C(=O)c2cc(-c3ccccc3)nc3cc(F)ccc23)CC1. The van der Waals surface area contributed by atoms with E-state index < -0.39 is 0 Å². The third-order valence-corrected chi connectivity index (χ3v) is 5.64. The summed E-state index contributed by atoms with van der Waals surface area (Å²) in [7, 11) is 0. The van der Waals surface area contributed by atoms with Gasteiger partial charge in [0.1, 0.15) is 5.82 Å². The number of benzene rings is 2. The van der Waals surface area contributed by atoms with Crippen molar-refractivity contribution in [3.8, 4) is 11.3 Å². The van der Waals surface area contributed by atoms with Crippen LogP contribution in [-0.4, -0.2) is 34.9 Å². The second kappa shape index (κ2) is 7.68. The average molecular weight is 377 g/mol. The molecule has 3 aromatic rings. The molecule has 0 bridgehead atoms. The van der Waals surface area contributed by atoms with Crippen LogP contribution in [0, 0.1) is 11.7 Å². The van der Waals surface area contributed by atoms with Crippen LogP contribution in [0.25, 0.3) is 22.2 Å². The normalized spacial score (nSPS) is 16.3. The van der Waals surface area contributed by atoms with Gasteiger partial charge in [-0.2, -0.15) is 0 Å².